The molecule has 0 amide bonds. The van der Waals surface area contributed by atoms with E-state index in [-0.39, 0.29) is 6.15 Å². The minimum absolute atomic E-state index is 0. The van der Waals surface area contributed by atoms with Gasteiger partial charge in [-0.05, 0) is 0 Å². The van der Waals surface area contributed by atoms with Crippen molar-refractivity contribution in [3.05, 3.63) is 0 Å². The third kappa shape index (κ3) is 4.09. The van der Waals surface area contributed by atoms with Crippen molar-refractivity contribution in [2.45, 2.75) is 58.8 Å². The van der Waals surface area contributed by atoms with E-state index < -0.39 is 68.9 Å². The average molecular weight is 617 g/mol. The number of rotatable bonds is 9. The zero-order valence-electron chi connectivity index (χ0n) is 15.6. The Morgan fingerprint density at radius 2 is 0.528 bits per heavy atom. The quantitative estimate of drug-likeness (QED) is 0.249. The van der Waals surface area contributed by atoms with Gasteiger partial charge in [0.25, 0.3) is 0 Å². The van der Waals surface area contributed by atoms with Crippen LogP contribution in [-0.4, -0.2) is 71.8 Å². The fourth-order valence-corrected chi connectivity index (χ4v) is 2.14. The van der Waals surface area contributed by atoms with Crippen molar-refractivity contribution in [3.63, 3.8) is 0 Å². The molecule has 0 aliphatic heterocycles. The molecule has 0 saturated heterocycles. The lowest BCUT2D eigenvalue weighted by atomic mass is 9.87. The Bertz CT molecular complexity index is 919. The van der Waals surface area contributed by atoms with Crippen molar-refractivity contribution in [2.24, 2.45) is 0 Å². The van der Waals surface area contributed by atoms with E-state index >= 15 is 0 Å². The molecule has 0 saturated carbocycles. The van der Waals surface area contributed by atoms with Crippen LogP contribution in [0.2, 0.25) is 0 Å². The van der Waals surface area contributed by atoms with Crippen LogP contribution in [0.4, 0.5) is 92.2 Å². The summed E-state index contributed by atoms with van der Waals surface area (Å²) in [6.07, 6.45) is -8.09. The Balaban J connectivity index is 0. The molecule has 0 bridgehead atoms. The number of quaternary nitrogens is 1. The summed E-state index contributed by atoms with van der Waals surface area (Å²) >= 11 is 0. The van der Waals surface area contributed by atoms with E-state index in [0.717, 1.165) is 0 Å². The average Bonchev–Trinajstić information content (AvgIpc) is 2.58. The first-order valence-corrected chi connectivity index (χ1v) is 8.33. The molecule has 0 aromatic rings. The van der Waals surface area contributed by atoms with Gasteiger partial charge in [-0.1, -0.05) is 0 Å². The minimum Gasteiger partial charge on any atom is -0.743 e. The van der Waals surface area contributed by atoms with E-state index in [0.29, 0.717) is 0 Å². The molecule has 0 spiro atoms. The lowest BCUT2D eigenvalue weighted by Crippen LogP contribution is -2.77. The van der Waals surface area contributed by atoms with Crippen LogP contribution in [0.5, 0.6) is 0 Å². The predicted molar refractivity (Wildman–Crippen MR) is 66.3 cm³/mol. The minimum atomic E-state index is -9.40. The van der Waals surface area contributed by atoms with E-state index in [4.69, 9.17) is 0 Å². The van der Waals surface area contributed by atoms with Gasteiger partial charge in [0.15, 0.2) is 10.1 Å². The van der Waals surface area contributed by atoms with Crippen LogP contribution in [-0.2, 0) is 10.1 Å². The van der Waals surface area contributed by atoms with Crippen LogP contribution in [0.15, 0.2) is 0 Å². The molecule has 0 unspecified atom stereocenters. The third-order valence-corrected chi connectivity index (χ3v) is 4.68. The summed E-state index contributed by atoms with van der Waals surface area (Å²) in [6, 6.07) is 0. The molecule has 0 aromatic carbocycles. The maximum atomic E-state index is 13.3. The van der Waals surface area contributed by atoms with Crippen molar-refractivity contribution >= 4 is 10.1 Å². The van der Waals surface area contributed by atoms with E-state index in [1.807, 2.05) is 0 Å². The van der Waals surface area contributed by atoms with Crippen LogP contribution >= 0.6 is 0 Å². The molecular formula is C10H4F21NO3S. The third-order valence-electron chi connectivity index (χ3n) is 3.80. The zero-order valence-corrected chi connectivity index (χ0v) is 16.4. The summed E-state index contributed by atoms with van der Waals surface area (Å²) in [6.45, 7) is 0. The Morgan fingerprint density at radius 3 is 0.694 bits per heavy atom. The summed E-state index contributed by atoms with van der Waals surface area (Å²) in [4.78, 5) is 0. The Hall–Kier alpha value is -1.60. The van der Waals surface area contributed by atoms with Gasteiger partial charge in [-0.25, -0.2) is 8.42 Å². The summed E-state index contributed by atoms with van der Waals surface area (Å²) in [5.74, 6) is -72.8. The molecule has 0 aliphatic carbocycles. The molecule has 0 radical (unpaired) electrons. The highest BCUT2D eigenvalue weighted by Gasteiger charge is 2.98. The van der Waals surface area contributed by atoms with Crippen molar-refractivity contribution in [2.75, 3.05) is 0 Å². The van der Waals surface area contributed by atoms with Gasteiger partial charge in [-0.15, -0.1) is 0 Å². The van der Waals surface area contributed by atoms with E-state index in [1.54, 1.807) is 0 Å². The molecule has 4 nitrogen and oxygen atoms in total. The molecule has 36 heavy (non-hydrogen) atoms. The normalized spacial score (nSPS) is 16.6. The van der Waals surface area contributed by atoms with Gasteiger partial charge in [-0.3, -0.25) is 0 Å². The standard InChI is InChI=1S/C10HF21O3S.H3N/c11-1(12,3(15,16)5(19,20)7(23,24)9(27,28)29)2(13,14)4(17,18)6(21,22)8(25,26)10(30,31)35(32,33)34;/h(H,32,33,34);1H3. The Kier molecular flexibility index (Phi) is 8.58. The van der Waals surface area contributed by atoms with E-state index in [2.05, 4.69) is 0 Å². The van der Waals surface area contributed by atoms with Gasteiger partial charge in [0.1, 0.15) is 0 Å². The number of hydrogen-bond donors (Lipinski definition) is 1. The largest absolute Gasteiger partial charge is 0.743 e. The highest BCUT2D eigenvalue weighted by Crippen LogP contribution is 2.66. The van der Waals surface area contributed by atoms with Crippen molar-refractivity contribution in [1.82, 2.24) is 6.15 Å². The lowest BCUT2D eigenvalue weighted by molar-refractivity contribution is -0.472. The maximum Gasteiger partial charge on any atom is 0.460 e. The van der Waals surface area contributed by atoms with Crippen LogP contribution in [0, 0.1) is 0 Å². The molecule has 0 rings (SSSR count). The summed E-state index contributed by atoms with van der Waals surface area (Å²) < 4.78 is 300. The van der Waals surface area contributed by atoms with Crippen LogP contribution < -0.4 is 6.15 Å². The van der Waals surface area contributed by atoms with Crippen molar-refractivity contribution in [3.8, 4) is 0 Å². The fourth-order valence-electron chi connectivity index (χ4n) is 1.70. The molecule has 0 atom stereocenters. The second-order valence-corrected chi connectivity index (χ2v) is 7.48. The van der Waals surface area contributed by atoms with Crippen LogP contribution in [0.3, 0.4) is 0 Å². The maximum absolute atomic E-state index is 13.3. The molecule has 0 fully saturated rings. The van der Waals surface area contributed by atoms with Crippen LogP contribution in [0.1, 0.15) is 0 Å². The Labute approximate surface area is 181 Å². The highest BCUT2D eigenvalue weighted by molar-refractivity contribution is 7.86. The predicted octanol–water partition coefficient (Wildman–Crippen LogP) is 6.15. The number of alkyl halides is 21. The number of halogens is 21. The van der Waals surface area contributed by atoms with Gasteiger partial charge in [-0.2, -0.15) is 92.2 Å². The molecule has 0 aromatic heterocycles. The second kappa shape index (κ2) is 8.45. The van der Waals surface area contributed by atoms with Gasteiger partial charge in [0.2, 0.25) is 0 Å². The van der Waals surface area contributed by atoms with Crippen molar-refractivity contribution in [1.29, 1.82) is 0 Å². The summed E-state index contributed by atoms with van der Waals surface area (Å²) in [5.41, 5.74) is 0. The summed E-state index contributed by atoms with van der Waals surface area (Å²) in [5, 5.41) is -8.17. The zero-order chi connectivity index (χ0) is 29.5. The number of hydrogen-bond acceptors (Lipinski definition) is 3. The SMILES string of the molecule is O=S(=O)([O-])C(F)(F)C(F)(F)C(F)(F)C(F)(F)C(F)(F)C(F)(F)C(F)(F)C(F)(F)C(F)(F)C(F)(F)F.[NH4+]. The smallest absolute Gasteiger partial charge is 0.460 e. The van der Waals surface area contributed by atoms with Gasteiger partial charge >= 0.3 is 58.8 Å². The lowest BCUT2D eigenvalue weighted by Gasteiger charge is -2.44. The highest BCUT2D eigenvalue weighted by atomic mass is 32.2. The monoisotopic (exact) mass is 617 g/mol. The molecule has 0 aliphatic rings. The fraction of sp³-hybridized carbons (Fsp3) is 1.00. The first-order chi connectivity index (χ1) is 14.5. The van der Waals surface area contributed by atoms with Crippen LogP contribution in [0.25, 0.3) is 0 Å². The van der Waals surface area contributed by atoms with Crippen molar-refractivity contribution < 1.29 is 105 Å². The first-order valence-electron chi connectivity index (χ1n) is 6.92. The molecule has 220 valence electrons. The molecule has 4 N–H and O–H groups in total. The second-order valence-electron chi connectivity index (χ2n) is 6.06. The van der Waals surface area contributed by atoms with Gasteiger partial charge in [0.05, 0.1) is 0 Å². The molecule has 26 heteroatoms. The Morgan fingerprint density at radius 1 is 0.361 bits per heavy atom. The first kappa shape index (κ1) is 36.6. The summed E-state index contributed by atoms with van der Waals surface area (Å²) in [7, 11) is -8.34. The molecule has 0 heterocycles. The molecular weight excluding hydrogens is 613 g/mol. The van der Waals surface area contributed by atoms with E-state index in [9.17, 15) is 105 Å². The van der Waals surface area contributed by atoms with Gasteiger partial charge < -0.3 is 10.7 Å². The van der Waals surface area contributed by atoms with E-state index in [1.165, 1.54) is 0 Å². The topological polar surface area (TPSA) is 93.7 Å². The van der Waals surface area contributed by atoms with Gasteiger partial charge in [0, 0.05) is 0 Å².